The fraction of sp³-hybridized carbons (Fsp3) is 0.700. The fourth-order valence-electron chi connectivity index (χ4n) is 0.997. The van der Waals surface area contributed by atoms with Crippen LogP contribution in [0.15, 0.2) is 16.9 Å². The molecule has 0 saturated carbocycles. The molecule has 0 amide bonds. The maximum atomic E-state index is 9.04. The zero-order valence-corrected chi connectivity index (χ0v) is 9.70. The molecule has 7 heteroatoms. The van der Waals surface area contributed by atoms with Crippen LogP contribution in [-0.2, 0) is 14.2 Å². The van der Waals surface area contributed by atoms with E-state index in [0.29, 0.717) is 19.1 Å². The molecule has 0 aliphatic heterocycles. The van der Waals surface area contributed by atoms with Crippen LogP contribution in [0.5, 0.6) is 5.88 Å². The second-order valence-corrected chi connectivity index (χ2v) is 3.15. The van der Waals surface area contributed by atoms with Crippen LogP contribution in [0.3, 0.4) is 0 Å². The first kappa shape index (κ1) is 13.9. The number of nitrogens with zero attached hydrogens (tertiary/aromatic N) is 1. The Labute approximate surface area is 99.2 Å². The highest BCUT2D eigenvalue weighted by Gasteiger charge is 2.11. The lowest BCUT2D eigenvalue weighted by Gasteiger charge is -2.14. The Morgan fingerprint density at radius 2 is 2.29 bits per heavy atom. The van der Waals surface area contributed by atoms with E-state index < -0.39 is 6.10 Å². The van der Waals surface area contributed by atoms with Gasteiger partial charge in [0.1, 0.15) is 19.2 Å². The normalized spacial score (nSPS) is 12.6. The van der Waals surface area contributed by atoms with Crippen LogP contribution < -0.4 is 4.74 Å². The van der Waals surface area contributed by atoms with Crippen molar-refractivity contribution in [1.29, 1.82) is 0 Å². The average molecular weight is 247 g/mol. The molecule has 0 saturated heterocycles. The molecule has 7 nitrogen and oxygen atoms in total. The first-order valence-electron chi connectivity index (χ1n) is 5.19. The number of hydrogen-bond acceptors (Lipinski definition) is 7. The van der Waals surface area contributed by atoms with Gasteiger partial charge in [-0.1, -0.05) is 0 Å². The van der Waals surface area contributed by atoms with Crippen LogP contribution >= 0.6 is 0 Å². The summed E-state index contributed by atoms with van der Waals surface area (Å²) in [7, 11) is 1.60. The Balaban J connectivity index is 2.06. The summed E-state index contributed by atoms with van der Waals surface area (Å²) < 4.78 is 24.9. The van der Waals surface area contributed by atoms with Gasteiger partial charge in [0.05, 0.1) is 26.4 Å². The van der Waals surface area contributed by atoms with Crippen molar-refractivity contribution >= 4 is 0 Å². The van der Waals surface area contributed by atoms with Crippen LogP contribution in [0.2, 0.25) is 0 Å². The number of aliphatic hydroxyl groups excluding tert-OH is 1. The first-order chi connectivity index (χ1) is 8.36. The lowest BCUT2D eigenvalue weighted by atomic mass is 10.4. The van der Waals surface area contributed by atoms with Gasteiger partial charge in [-0.2, -0.15) is 0 Å². The van der Waals surface area contributed by atoms with Crippen molar-refractivity contribution in [2.75, 3.05) is 40.3 Å². The Hall–Kier alpha value is -1.15. The SMILES string of the molecule is COCCOCOC[C@H](CO)Oc1ccon1. The van der Waals surface area contributed by atoms with E-state index in [0.717, 1.165) is 0 Å². The molecule has 0 aromatic carbocycles. The lowest BCUT2D eigenvalue weighted by Crippen LogP contribution is -2.27. The summed E-state index contributed by atoms with van der Waals surface area (Å²) in [5.41, 5.74) is 0. The van der Waals surface area contributed by atoms with E-state index >= 15 is 0 Å². The highest BCUT2D eigenvalue weighted by atomic mass is 16.7. The molecule has 1 heterocycles. The quantitative estimate of drug-likeness (QED) is 0.462. The van der Waals surface area contributed by atoms with Gasteiger partial charge >= 0.3 is 0 Å². The van der Waals surface area contributed by atoms with Crippen molar-refractivity contribution in [3.63, 3.8) is 0 Å². The molecule has 0 unspecified atom stereocenters. The summed E-state index contributed by atoms with van der Waals surface area (Å²) in [5.74, 6) is 0.313. The molecule has 1 atom stereocenters. The summed E-state index contributed by atoms with van der Waals surface area (Å²) in [6, 6.07) is 1.55. The lowest BCUT2D eigenvalue weighted by molar-refractivity contribution is -0.0894. The summed E-state index contributed by atoms with van der Waals surface area (Å²) in [4.78, 5) is 0. The van der Waals surface area contributed by atoms with E-state index in [1.54, 1.807) is 13.2 Å². The standard InChI is InChI=1S/C10H17NO6/c1-13-4-5-14-8-15-7-9(6-12)17-10-2-3-16-11-10/h2-3,9,12H,4-8H2,1H3/t9-/m0/s1. The molecular formula is C10H17NO6. The molecule has 98 valence electrons. The summed E-state index contributed by atoms with van der Waals surface area (Å²) in [6.45, 7) is 1.13. The van der Waals surface area contributed by atoms with Crippen molar-refractivity contribution in [2.45, 2.75) is 6.10 Å². The highest BCUT2D eigenvalue weighted by Crippen LogP contribution is 2.07. The third kappa shape index (κ3) is 6.22. The Morgan fingerprint density at radius 1 is 1.41 bits per heavy atom. The van der Waals surface area contributed by atoms with Crippen molar-refractivity contribution in [1.82, 2.24) is 5.16 Å². The van der Waals surface area contributed by atoms with Crippen molar-refractivity contribution in [3.05, 3.63) is 12.3 Å². The van der Waals surface area contributed by atoms with E-state index in [9.17, 15) is 0 Å². The third-order valence-corrected chi connectivity index (χ3v) is 1.81. The summed E-state index contributed by atoms with van der Waals surface area (Å²) >= 11 is 0. The maximum absolute atomic E-state index is 9.04. The predicted octanol–water partition coefficient (Wildman–Crippen LogP) is 0.0514. The average Bonchev–Trinajstić information content (AvgIpc) is 2.85. The molecule has 1 aromatic heterocycles. The first-order valence-corrected chi connectivity index (χ1v) is 5.19. The monoisotopic (exact) mass is 247 g/mol. The van der Waals surface area contributed by atoms with Crippen LogP contribution in [0.4, 0.5) is 0 Å². The van der Waals surface area contributed by atoms with Gasteiger partial charge in [-0.3, -0.25) is 0 Å². The summed E-state index contributed by atoms with van der Waals surface area (Å²) in [6.07, 6.45) is 0.893. The summed E-state index contributed by atoms with van der Waals surface area (Å²) in [5, 5.41) is 12.6. The number of rotatable bonds is 10. The minimum atomic E-state index is -0.494. The van der Waals surface area contributed by atoms with Gasteiger partial charge in [-0.15, -0.1) is 0 Å². The van der Waals surface area contributed by atoms with E-state index in [1.807, 2.05) is 0 Å². The van der Waals surface area contributed by atoms with Gasteiger partial charge in [0.25, 0.3) is 5.88 Å². The molecule has 1 aromatic rings. The van der Waals surface area contributed by atoms with Gasteiger partial charge in [0, 0.05) is 13.2 Å². The number of hydrogen-bond donors (Lipinski definition) is 1. The molecule has 1 N–H and O–H groups in total. The zero-order valence-electron chi connectivity index (χ0n) is 9.70. The Morgan fingerprint density at radius 3 is 2.94 bits per heavy atom. The minimum absolute atomic E-state index is 0.127. The molecular weight excluding hydrogens is 230 g/mol. The van der Waals surface area contributed by atoms with Crippen molar-refractivity contribution in [2.24, 2.45) is 0 Å². The van der Waals surface area contributed by atoms with Gasteiger partial charge < -0.3 is 28.6 Å². The highest BCUT2D eigenvalue weighted by molar-refractivity contribution is 5.02. The molecule has 0 bridgehead atoms. The third-order valence-electron chi connectivity index (χ3n) is 1.81. The Bertz CT molecular complexity index is 266. The topological polar surface area (TPSA) is 83.2 Å². The second kappa shape index (κ2) is 8.94. The van der Waals surface area contributed by atoms with Crippen LogP contribution in [0, 0.1) is 0 Å². The largest absolute Gasteiger partial charge is 0.467 e. The molecule has 17 heavy (non-hydrogen) atoms. The van der Waals surface area contributed by atoms with Gasteiger partial charge in [0.15, 0.2) is 0 Å². The Kier molecular flexibility index (Phi) is 7.32. The molecule has 1 rings (SSSR count). The fourth-order valence-corrected chi connectivity index (χ4v) is 0.997. The second-order valence-electron chi connectivity index (χ2n) is 3.15. The van der Waals surface area contributed by atoms with Crippen LogP contribution in [0.25, 0.3) is 0 Å². The molecule has 0 aliphatic carbocycles. The van der Waals surface area contributed by atoms with Gasteiger partial charge in [-0.25, -0.2) is 0 Å². The van der Waals surface area contributed by atoms with Gasteiger partial charge in [-0.05, 0) is 5.16 Å². The van der Waals surface area contributed by atoms with Crippen molar-refractivity contribution < 1.29 is 28.6 Å². The smallest absolute Gasteiger partial charge is 0.254 e. The van der Waals surface area contributed by atoms with Gasteiger partial charge in [0.2, 0.25) is 0 Å². The molecule has 0 radical (unpaired) electrons. The number of aliphatic hydroxyl groups is 1. The van der Waals surface area contributed by atoms with E-state index in [2.05, 4.69) is 9.68 Å². The van der Waals surface area contributed by atoms with E-state index in [1.165, 1.54) is 6.26 Å². The number of aromatic nitrogens is 1. The van der Waals surface area contributed by atoms with Crippen LogP contribution in [0.1, 0.15) is 0 Å². The van der Waals surface area contributed by atoms with E-state index in [-0.39, 0.29) is 20.0 Å². The molecule has 0 spiro atoms. The van der Waals surface area contributed by atoms with Crippen LogP contribution in [-0.4, -0.2) is 56.7 Å². The van der Waals surface area contributed by atoms with E-state index in [4.69, 9.17) is 24.1 Å². The molecule has 0 aliphatic rings. The minimum Gasteiger partial charge on any atom is -0.467 e. The number of methoxy groups -OCH3 is 1. The van der Waals surface area contributed by atoms with Crippen molar-refractivity contribution in [3.8, 4) is 5.88 Å². The zero-order chi connectivity index (χ0) is 12.3. The predicted molar refractivity (Wildman–Crippen MR) is 56.7 cm³/mol. The molecule has 0 fully saturated rings. The maximum Gasteiger partial charge on any atom is 0.254 e. The number of ether oxygens (including phenoxy) is 4.